The molecule has 0 aliphatic carbocycles. The summed E-state index contributed by atoms with van der Waals surface area (Å²) in [6.45, 7) is 0.924. The van der Waals surface area contributed by atoms with Crippen LogP contribution in [0.25, 0.3) is 10.9 Å². The highest BCUT2D eigenvalue weighted by molar-refractivity contribution is 7.88. The van der Waals surface area contributed by atoms with Crippen LogP contribution in [0.3, 0.4) is 0 Å². The Balaban J connectivity index is 1.69. The first-order valence-electron chi connectivity index (χ1n) is 6.97. The van der Waals surface area contributed by atoms with Crippen molar-refractivity contribution >= 4 is 27.0 Å². The van der Waals surface area contributed by atoms with Gasteiger partial charge in [0.05, 0.1) is 6.26 Å². The lowest BCUT2D eigenvalue weighted by atomic mass is 10.1. The quantitative estimate of drug-likeness (QED) is 0.559. The number of benzene rings is 1. The number of urea groups is 1. The number of fused-ring (bicyclic) bond motifs is 1. The number of para-hydroxylation sites is 1. The van der Waals surface area contributed by atoms with Gasteiger partial charge in [-0.15, -0.1) is 0 Å². The van der Waals surface area contributed by atoms with E-state index in [2.05, 4.69) is 20.3 Å². The van der Waals surface area contributed by atoms with Crippen LogP contribution in [0.15, 0.2) is 30.5 Å². The van der Waals surface area contributed by atoms with Gasteiger partial charge in [0.25, 0.3) is 0 Å². The molecule has 1 aromatic carbocycles. The number of nitrogens with one attached hydrogen (secondary N) is 4. The van der Waals surface area contributed by atoms with Crippen LogP contribution in [0.1, 0.15) is 5.56 Å². The highest BCUT2D eigenvalue weighted by Crippen LogP contribution is 2.17. The Bertz CT molecular complexity index is 739. The molecule has 2 amide bonds. The van der Waals surface area contributed by atoms with Crippen LogP contribution >= 0.6 is 0 Å². The number of sulfonamides is 1. The van der Waals surface area contributed by atoms with Gasteiger partial charge >= 0.3 is 6.03 Å². The van der Waals surface area contributed by atoms with Crippen LogP contribution in [-0.4, -0.2) is 45.3 Å². The Morgan fingerprint density at radius 1 is 1.14 bits per heavy atom. The molecule has 0 radical (unpaired) electrons. The molecule has 0 unspecified atom stereocenters. The van der Waals surface area contributed by atoms with E-state index in [4.69, 9.17) is 0 Å². The first-order valence-corrected chi connectivity index (χ1v) is 8.86. The van der Waals surface area contributed by atoms with Crippen molar-refractivity contribution in [3.8, 4) is 0 Å². The number of hydrogen-bond acceptors (Lipinski definition) is 3. The number of carbonyl (C=O) groups excluding carboxylic acids is 1. The smallest absolute Gasteiger partial charge is 0.314 e. The van der Waals surface area contributed by atoms with E-state index in [1.54, 1.807) is 0 Å². The second kappa shape index (κ2) is 7.28. The Hall–Kier alpha value is -2.06. The standard InChI is InChI=1S/C14H20N4O3S/c1-22(20,21)18-9-8-16-14(19)15-7-6-11-10-17-13-5-3-2-4-12(11)13/h2-5,10,17-18H,6-9H2,1H3,(H2,15,16,19). The number of aromatic nitrogens is 1. The first kappa shape index (κ1) is 16.3. The average molecular weight is 324 g/mol. The molecule has 0 aliphatic rings. The largest absolute Gasteiger partial charge is 0.361 e. The van der Waals surface area contributed by atoms with Gasteiger partial charge in [-0.25, -0.2) is 17.9 Å². The SMILES string of the molecule is CS(=O)(=O)NCCNC(=O)NCCc1c[nH]c2ccccc12. The Morgan fingerprint density at radius 2 is 1.86 bits per heavy atom. The minimum absolute atomic E-state index is 0.175. The van der Waals surface area contributed by atoms with E-state index in [1.807, 2.05) is 30.5 Å². The molecule has 0 bridgehead atoms. The molecule has 0 atom stereocenters. The van der Waals surface area contributed by atoms with E-state index in [0.29, 0.717) is 6.54 Å². The molecule has 8 heteroatoms. The maximum atomic E-state index is 11.6. The van der Waals surface area contributed by atoms with Gasteiger partial charge in [0.2, 0.25) is 10.0 Å². The van der Waals surface area contributed by atoms with Gasteiger partial charge in [-0.1, -0.05) is 18.2 Å². The highest BCUT2D eigenvalue weighted by Gasteiger charge is 2.04. The van der Waals surface area contributed by atoms with Crippen molar-refractivity contribution in [1.82, 2.24) is 20.3 Å². The minimum atomic E-state index is -3.21. The summed E-state index contributed by atoms with van der Waals surface area (Å²) in [5.74, 6) is 0. The van der Waals surface area contributed by atoms with Gasteiger partial charge in [-0.2, -0.15) is 0 Å². The summed E-state index contributed by atoms with van der Waals surface area (Å²) in [6.07, 6.45) is 3.74. The molecule has 0 saturated carbocycles. The molecule has 7 nitrogen and oxygen atoms in total. The van der Waals surface area contributed by atoms with E-state index in [9.17, 15) is 13.2 Å². The van der Waals surface area contributed by atoms with Gasteiger partial charge in [0.1, 0.15) is 0 Å². The van der Waals surface area contributed by atoms with E-state index in [1.165, 1.54) is 0 Å². The number of aromatic amines is 1. The summed E-state index contributed by atoms with van der Waals surface area (Å²) in [6, 6.07) is 7.69. The molecule has 4 N–H and O–H groups in total. The van der Waals surface area contributed by atoms with E-state index in [0.717, 1.165) is 29.1 Å². The van der Waals surface area contributed by atoms with Crippen LogP contribution < -0.4 is 15.4 Å². The Morgan fingerprint density at radius 3 is 2.64 bits per heavy atom. The summed E-state index contributed by atoms with van der Waals surface area (Å²) in [5, 5.41) is 6.48. The van der Waals surface area contributed by atoms with Crippen molar-refractivity contribution in [2.45, 2.75) is 6.42 Å². The molecule has 120 valence electrons. The third kappa shape index (κ3) is 5.05. The highest BCUT2D eigenvalue weighted by atomic mass is 32.2. The number of amides is 2. The number of carbonyl (C=O) groups is 1. The van der Waals surface area contributed by atoms with Crippen LogP contribution in [0, 0.1) is 0 Å². The average Bonchev–Trinajstić information content (AvgIpc) is 2.86. The molecule has 1 aromatic heterocycles. The summed E-state index contributed by atoms with van der Waals surface area (Å²) in [4.78, 5) is 14.7. The summed E-state index contributed by atoms with van der Waals surface area (Å²) in [7, 11) is -3.21. The van der Waals surface area contributed by atoms with Crippen molar-refractivity contribution in [2.24, 2.45) is 0 Å². The maximum absolute atomic E-state index is 11.6. The zero-order valence-corrected chi connectivity index (χ0v) is 13.2. The van der Waals surface area contributed by atoms with Crippen molar-refractivity contribution in [3.05, 3.63) is 36.0 Å². The van der Waals surface area contributed by atoms with Gasteiger partial charge in [-0.3, -0.25) is 0 Å². The first-order chi connectivity index (χ1) is 10.5. The number of H-pyrrole nitrogens is 1. The molecular formula is C14H20N4O3S. The summed E-state index contributed by atoms with van der Waals surface area (Å²) >= 11 is 0. The molecule has 2 rings (SSSR count). The van der Waals surface area contributed by atoms with Crippen molar-refractivity contribution < 1.29 is 13.2 Å². The summed E-state index contributed by atoms with van der Waals surface area (Å²) < 4.78 is 24.0. The zero-order valence-electron chi connectivity index (χ0n) is 12.3. The maximum Gasteiger partial charge on any atom is 0.314 e. The predicted molar refractivity (Wildman–Crippen MR) is 86.3 cm³/mol. The molecule has 0 spiro atoms. The van der Waals surface area contributed by atoms with Crippen LogP contribution in [0.5, 0.6) is 0 Å². The Kier molecular flexibility index (Phi) is 5.40. The predicted octanol–water partition coefficient (Wildman–Crippen LogP) is 0.559. The zero-order chi connectivity index (χ0) is 16.0. The van der Waals surface area contributed by atoms with E-state index in [-0.39, 0.29) is 19.1 Å². The van der Waals surface area contributed by atoms with Crippen molar-refractivity contribution in [3.63, 3.8) is 0 Å². The lowest BCUT2D eigenvalue weighted by molar-refractivity contribution is 0.241. The molecule has 1 heterocycles. The number of rotatable bonds is 7. The fourth-order valence-corrected chi connectivity index (χ4v) is 2.60. The van der Waals surface area contributed by atoms with Crippen LogP contribution in [-0.2, 0) is 16.4 Å². The second-order valence-corrected chi connectivity index (χ2v) is 6.79. The van der Waals surface area contributed by atoms with Gasteiger partial charge in [-0.05, 0) is 18.1 Å². The lowest BCUT2D eigenvalue weighted by Gasteiger charge is -2.07. The van der Waals surface area contributed by atoms with E-state index < -0.39 is 10.0 Å². The van der Waals surface area contributed by atoms with E-state index >= 15 is 0 Å². The molecule has 0 aliphatic heterocycles. The second-order valence-electron chi connectivity index (χ2n) is 4.96. The fourth-order valence-electron chi connectivity index (χ4n) is 2.12. The summed E-state index contributed by atoms with van der Waals surface area (Å²) in [5.41, 5.74) is 2.23. The minimum Gasteiger partial charge on any atom is -0.361 e. The van der Waals surface area contributed by atoms with Crippen molar-refractivity contribution in [1.29, 1.82) is 0 Å². The molecule has 0 saturated heterocycles. The van der Waals surface area contributed by atoms with Gasteiger partial charge in [0, 0.05) is 36.7 Å². The topological polar surface area (TPSA) is 103 Å². The van der Waals surface area contributed by atoms with Crippen LogP contribution in [0.4, 0.5) is 4.79 Å². The monoisotopic (exact) mass is 324 g/mol. The van der Waals surface area contributed by atoms with Crippen molar-refractivity contribution in [2.75, 3.05) is 25.9 Å². The third-order valence-corrected chi connectivity index (χ3v) is 3.86. The van der Waals surface area contributed by atoms with Gasteiger partial charge in [0.15, 0.2) is 0 Å². The number of hydrogen-bond donors (Lipinski definition) is 4. The molecule has 22 heavy (non-hydrogen) atoms. The fraction of sp³-hybridized carbons (Fsp3) is 0.357. The normalized spacial score (nSPS) is 11.5. The molecule has 0 fully saturated rings. The Labute approximate surface area is 129 Å². The lowest BCUT2D eigenvalue weighted by Crippen LogP contribution is -2.40. The third-order valence-electron chi connectivity index (χ3n) is 3.13. The molecule has 2 aromatic rings. The molecular weight excluding hydrogens is 304 g/mol. The van der Waals surface area contributed by atoms with Crippen LogP contribution in [0.2, 0.25) is 0 Å². The van der Waals surface area contributed by atoms with Gasteiger partial charge < -0.3 is 15.6 Å².